The number of halogens is 1. The third kappa shape index (κ3) is 1.95. The molecule has 3 nitrogen and oxygen atoms in total. The van der Waals surface area contributed by atoms with Crippen molar-refractivity contribution in [1.29, 1.82) is 0 Å². The number of alkyl halides is 1. The van der Waals surface area contributed by atoms with E-state index < -0.39 is 0 Å². The van der Waals surface area contributed by atoms with E-state index in [2.05, 4.69) is 26.2 Å². The van der Waals surface area contributed by atoms with Crippen LogP contribution in [-0.2, 0) is 0 Å². The van der Waals surface area contributed by atoms with Crippen molar-refractivity contribution < 1.29 is 4.79 Å². The van der Waals surface area contributed by atoms with Gasteiger partial charge < -0.3 is 5.32 Å². The fraction of sp³-hybridized carbons (Fsp3) is 0.400. The van der Waals surface area contributed by atoms with E-state index in [0.717, 1.165) is 18.2 Å². The average molecular weight is 255 g/mol. The quantitative estimate of drug-likeness (QED) is 0.836. The van der Waals surface area contributed by atoms with E-state index >= 15 is 0 Å². The summed E-state index contributed by atoms with van der Waals surface area (Å²) in [6, 6.07) is 5.34. The second kappa shape index (κ2) is 3.69. The predicted molar refractivity (Wildman–Crippen MR) is 57.5 cm³/mol. The third-order valence-electron chi connectivity index (χ3n) is 2.39. The molecule has 0 unspecified atom stereocenters. The first-order valence-electron chi connectivity index (χ1n) is 4.55. The van der Waals surface area contributed by atoms with Gasteiger partial charge >= 0.3 is 0 Å². The molecule has 0 bridgehead atoms. The SMILES string of the molecule is O=C(NC1(CBr)CC1)c1ccccn1. The lowest BCUT2D eigenvalue weighted by atomic mass is 10.3. The largest absolute Gasteiger partial charge is 0.344 e. The van der Waals surface area contributed by atoms with Crippen LogP contribution in [0.25, 0.3) is 0 Å². The van der Waals surface area contributed by atoms with Crippen molar-refractivity contribution in [1.82, 2.24) is 10.3 Å². The molecular weight excluding hydrogens is 244 g/mol. The molecule has 1 aliphatic rings. The number of carbonyl (C=O) groups excluding carboxylic acids is 1. The standard InChI is InChI=1S/C10H11BrN2O/c11-7-10(4-5-10)13-9(14)8-3-1-2-6-12-8/h1-3,6H,4-5,7H2,(H,13,14). The van der Waals surface area contributed by atoms with Crippen molar-refractivity contribution in [3.05, 3.63) is 30.1 Å². The Hall–Kier alpha value is -0.900. The van der Waals surface area contributed by atoms with Gasteiger partial charge in [-0.05, 0) is 25.0 Å². The van der Waals surface area contributed by atoms with Gasteiger partial charge in [-0.1, -0.05) is 22.0 Å². The summed E-state index contributed by atoms with van der Waals surface area (Å²) in [5.74, 6) is -0.0810. The van der Waals surface area contributed by atoms with Crippen LogP contribution >= 0.6 is 15.9 Å². The highest BCUT2D eigenvalue weighted by Gasteiger charge is 2.43. The minimum atomic E-state index is -0.0810. The fourth-order valence-electron chi connectivity index (χ4n) is 1.24. The van der Waals surface area contributed by atoms with Crippen molar-refractivity contribution in [2.24, 2.45) is 0 Å². The second-order valence-electron chi connectivity index (χ2n) is 3.58. The van der Waals surface area contributed by atoms with E-state index in [9.17, 15) is 4.79 Å². The van der Waals surface area contributed by atoms with Crippen LogP contribution in [0.2, 0.25) is 0 Å². The van der Waals surface area contributed by atoms with Crippen LogP contribution in [0.1, 0.15) is 23.3 Å². The van der Waals surface area contributed by atoms with E-state index in [4.69, 9.17) is 0 Å². The number of amides is 1. The van der Waals surface area contributed by atoms with Gasteiger partial charge in [-0.25, -0.2) is 0 Å². The third-order valence-corrected chi connectivity index (χ3v) is 3.46. The molecule has 1 N–H and O–H groups in total. The summed E-state index contributed by atoms with van der Waals surface area (Å²) in [5.41, 5.74) is 0.481. The Morgan fingerprint density at radius 2 is 2.36 bits per heavy atom. The molecule has 74 valence electrons. The molecule has 0 aromatic carbocycles. The maximum atomic E-state index is 11.7. The zero-order chi connectivity index (χ0) is 10.0. The number of nitrogens with one attached hydrogen (secondary N) is 1. The van der Waals surface area contributed by atoms with Crippen molar-refractivity contribution in [2.45, 2.75) is 18.4 Å². The number of nitrogens with zero attached hydrogens (tertiary/aromatic N) is 1. The summed E-state index contributed by atoms with van der Waals surface area (Å²) in [5, 5.41) is 3.80. The average Bonchev–Trinajstić information content (AvgIpc) is 3.00. The normalized spacial score (nSPS) is 17.5. The highest BCUT2D eigenvalue weighted by molar-refractivity contribution is 9.09. The Morgan fingerprint density at radius 1 is 1.57 bits per heavy atom. The van der Waals surface area contributed by atoms with E-state index in [0.29, 0.717) is 5.69 Å². The monoisotopic (exact) mass is 254 g/mol. The molecular formula is C10H11BrN2O. The lowest BCUT2D eigenvalue weighted by Crippen LogP contribution is -2.38. The molecule has 1 amide bonds. The van der Waals surface area contributed by atoms with Crippen LogP contribution in [-0.4, -0.2) is 21.8 Å². The molecule has 0 spiro atoms. The Kier molecular flexibility index (Phi) is 2.54. The van der Waals surface area contributed by atoms with Gasteiger partial charge in [0.25, 0.3) is 5.91 Å². The molecule has 0 radical (unpaired) electrons. The van der Waals surface area contributed by atoms with Crippen LogP contribution in [0.3, 0.4) is 0 Å². The van der Waals surface area contributed by atoms with Gasteiger partial charge in [-0.15, -0.1) is 0 Å². The van der Waals surface area contributed by atoms with Crippen molar-refractivity contribution in [3.63, 3.8) is 0 Å². The van der Waals surface area contributed by atoms with Gasteiger partial charge in [0.15, 0.2) is 0 Å². The van der Waals surface area contributed by atoms with E-state index in [1.54, 1.807) is 18.3 Å². The Bertz CT molecular complexity index is 335. The maximum Gasteiger partial charge on any atom is 0.270 e. The van der Waals surface area contributed by atoms with Gasteiger partial charge in [0.1, 0.15) is 5.69 Å². The smallest absolute Gasteiger partial charge is 0.270 e. The molecule has 0 saturated heterocycles. The second-order valence-corrected chi connectivity index (χ2v) is 4.14. The zero-order valence-electron chi connectivity index (χ0n) is 7.66. The first-order chi connectivity index (χ1) is 6.76. The molecule has 14 heavy (non-hydrogen) atoms. The number of hydrogen-bond donors (Lipinski definition) is 1. The van der Waals surface area contributed by atoms with Gasteiger partial charge in [-0.3, -0.25) is 9.78 Å². The summed E-state index contributed by atoms with van der Waals surface area (Å²) in [6.45, 7) is 0. The molecule has 4 heteroatoms. The minimum absolute atomic E-state index is 0.00535. The molecule has 1 fully saturated rings. The first-order valence-corrected chi connectivity index (χ1v) is 5.67. The molecule has 1 aromatic heterocycles. The summed E-state index contributed by atoms with van der Waals surface area (Å²) in [4.78, 5) is 15.7. The number of aromatic nitrogens is 1. The predicted octanol–water partition coefficient (Wildman–Crippen LogP) is 1.74. The lowest BCUT2D eigenvalue weighted by Gasteiger charge is -2.13. The topological polar surface area (TPSA) is 42.0 Å². The fourth-order valence-corrected chi connectivity index (χ4v) is 1.95. The molecule has 1 aliphatic carbocycles. The number of rotatable bonds is 3. The van der Waals surface area contributed by atoms with Gasteiger partial charge in [0.05, 0.1) is 5.54 Å². The molecule has 1 aromatic rings. The maximum absolute atomic E-state index is 11.7. The zero-order valence-corrected chi connectivity index (χ0v) is 9.25. The molecule has 0 aliphatic heterocycles. The van der Waals surface area contributed by atoms with Crippen LogP contribution < -0.4 is 5.32 Å². The molecule has 1 heterocycles. The number of carbonyl (C=O) groups is 1. The van der Waals surface area contributed by atoms with E-state index in [1.807, 2.05) is 6.07 Å². The van der Waals surface area contributed by atoms with Crippen molar-refractivity contribution in [3.8, 4) is 0 Å². The summed E-state index contributed by atoms with van der Waals surface area (Å²) < 4.78 is 0. The van der Waals surface area contributed by atoms with Crippen molar-refractivity contribution >= 4 is 21.8 Å². The number of hydrogen-bond acceptors (Lipinski definition) is 2. The number of pyridine rings is 1. The Balaban J connectivity index is 2.03. The molecule has 2 rings (SSSR count). The highest BCUT2D eigenvalue weighted by Crippen LogP contribution is 2.37. The van der Waals surface area contributed by atoms with Gasteiger partial charge in [0.2, 0.25) is 0 Å². The lowest BCUT2D eigenvalue weighted by molar-refractivity contribution is 0.0931. The highest BCUT2D eigenvalue weighted by atomic mass is 79.9. The summed E-state index contributed by atoms with van der Waals surface area (Å²) in [7, 11) is 0. The van der Waals surface area contributed by atoms with E-state index in [-0.39, 0.29) is 11.4 Å². The van der Waals surface area contributed by atoms with Crippen LogP contribution in [0.15, 0.2) is 24.4 Å². The van der Waals surface area contributed by atoms with Crippen LogP contribution in [0, 0.1) is 0 Å². The van der Waals surface area contributed by atoms with Crippen molar-refractivity contribution in [2.75, 3.05) is 5.33 Å². The summed E-state index contributed by atoms with van der Waals surface area (Å²) in [6.07, 6.45) is 3.73. The van der Waals surface area contributed by atoms with E-state index in [1.165, 1.54) is 0 Å². The Morgan fingerprint density at radius 3 is 2.86 bits per heavy atom. The summed E-state index contributed by atoms with van der Waals surface area (Å²) >= 11 is 3.40. The van der Waals surface area contributed by atoms with Gasteiger partial charge in [0, 0.05) is 11.5 Å². The molecule has 0 atom stereocenters. The molecule has 1 saturated carbocycles. The van der Waals surface area contributed by atoms with Crippen LogP contribution in [0.5, 0.6) is 0 Å². The Labute approximate surface area is 91.0 Å². The first kappa shape index (κ1) is 9.65. The minimum Gasteiger partial charge on any atom is -0.344 e. The van der Waals surface area contributed by atoms with Crippen LogP contribution in [0.4, 0.5) is 0 Å². The van der Waals surface area contributed by atoms with Gasteiger partial charge in [-0.2, -0.15) is 0 Å².